The standard InChI is InChI=1S/C18H17FN2O2/c1-2-12-3-9-15(10-4-12)20-18(22)17-11-16(21-23-17)13-5-7-14(19)8-6-13/h3-10,17H,2,11H2,1H3,(H,20,22). The van der Waals surface area contributed by atoms with Crippen molar-refractivity contribution in [2.75, 3.05) is 5.32 Å². The van der Waals surface area contributed by atoms with E-state index >= 15 is 0 Å². The molecule has 23 heavy (non-hydrogen) atoms. The van der Waals surface area contributed by atoms with Crippen LogP contribution in [0.25, 0.3) is 0 Å². The molecule has 0 fully saturated rings. The molecule has 0 saturated carbocycles. The van der Waals surface area contributed by atoms with Crippen LogP contribution in [0.1, 0.15) is 24.5 Å². The molecule has 1 unspecified atom stereocenters. The van der Waals surface area contributed by atoms with E-state index in [1.54, 1.807) is 12.1 Å². The van der Waals surface area contributed by atoms with Gasteiger partial charge in [0.05, 0.1) is 5.71 Å². The normalized spacial score (nSPS) is 16.6. The zero-order chi connectivity index (χ0) is 16.2. The Morgan fingerprint density at radius 3 is 2.57 bits per heavy atom. The number of rotatable bonds is 4. The lowest BCUT2D eigenvalue weighted by Crippen LogP contribution is -2.28. The summed E-state index contributed by atoms with van der Waals surface area (Å²) >= 11 is 0. The maximum absolute atomic E-state index is 12.9. The molecule has 0 spiro atoms. The fourth-order valence-electron chi connectivity index (χ4n) is 2.38. The van der Waals surface area contributed by atoms with Crippen molar-refractivity contribution in [3.8, 4) is 0 Å². The Bertz CT molecular complexity index is 724. The summed E-state index contributed by atoms with van der Waals surface area (Å²) in [5.74, 6) is -0.548. The van der Waals surface area contributed by atoms with Crippen LogP contribution in [-0.2, 0) is 16.1 Å². The maximum Gasteiger partial charge on any atom is 0.268 e. The van der Waals surface area contributed by atoms with E-state index in [9.17, 15) is 9.18 Å². The minimum absolute atomic E-state index is 0.241. The predicted octanol–water partition coefficient (Wildman–Crippen LogP) is 3.52. The van der Waals surface area contributed by atoms with E-state index in [1.165, 1.54) is 17.7 Å². The average molecular weight is 312 g/mol. The van der Waals surface area contributed by atoms with Crippen LogP contribution in [0.15, 0.2) is 53.7 Å². The van der Waals surface area contributed by atoms with E-state index in [4.69, 9.17) is 4.84 Å². The molecule has 0 radical (unpaired) electrons. The average Bonchev–Trinajstić information content (AvgIpc) is 3.06. The number of oxime groups is 1. The highest BCUT2D eigenvalue weighted by Gasteiger charge is 2.28. The summed E-state index contributed by atoms with van der Waals surface area (Å²) in [5.41, 5.74) is 3.34. The number of carbonyl (C=O) groups excluding carboxylic acids is 1. The lowest BCUT2D eigenvalue weighted by atomic mass is 10.0. The summed E-state index contributed by atoms with van der Waals surface area (Å²) in [4.78, 5) is 17.4. The molecule has 1 atom stereocenters. The lowest BCUT2D eigenvalue weighted by Gasteiger charge is -2.10. The topological polar surface area (TPSA) is 50.7 Å². The van der Waals surface area contributed by atoms with Crippen molar-refractivity contribution in [1.82, 2.24) is 0 Å². The van der Waals surface area contributed by atoms with Crippen LogP contribution in [0.5, 0.6) is 0 Å². The minimum atomic E-state index is -0.666. The van der Waals surface area contributed by atoms with E-state index < -0.39 is 6.10 Å². The number of nitrogens with zero attached hydrogens (tertiary/aromatic N) is 1. The van der Waals surface area contributed by atoms with Gasteiger partial charge in [-0.05, 0) is 41.8 Å². The third kappa shape index (κ3) is 3.56. The van der Waals surface area contributed by atoms with Crippen molar-refractivity contribution in [3.05, 3.63) is 65.5 Å². The van der Waals surface area contributed by atoms with Crippen molar-refractivity contribution >= 4 is 17.3 Å². The molecule has 0 aliphatic carbocycles. The summed E-state index contributed by atoms with van der Waals surface area (Å²) in [6.07, 6.45) is 0.653. The molecule has 4 nitrogen and oxygen atoms in total. The first-order valence-corrected chi connectivity index (χ1v) is 7.54. The number of aryl methyl sites for hydroxylation is 1. The van der Waals surface area contributed by atoms with Gasteiger partial charge in [0.1, 0.15) is 5.82 Å². The first-order valence-electron chi connectivity index (χ1n) is 7.54. The number of nitrogens with one attached hydrogen (secondary N) is 1. The van der Waals surface area contributed by atoms with Gasteiger partial charge >= 0.3 is 0 Å². The Hall–Kier alpha value is -2.69. The summed E-state index contributed by atoms with van der Waals surface area (Å²) in [7, 11) is 0. The number of hydrogen-bond donors (Lipinski definition) is 1. The Morgan fingerprint density at radius 1 is 1.22 bits per heavy atom. The first kappa shape index (κ1) is 15.2. The number of carbonyl (C=O) groups is 1. The van der Waals surface area contributed by atoms with Gasteiger partial charge in [-0.3, -0.25) is 4.79 Å². The third-order valence-corrected chi connectivity index (χ3v) is 3.77. The summed E-state index contributed by atoms with van der Waals surface area (Å²) in [6.45, 7) is 2.08. The monoisotopic (exact) mass is 312 g/mol. The van der Waals surface area contributed by atoms with Gasteiger partial charge in [-0.2, -0.15) is 0 Å². The number of benzene rings is 2. The fourth-order valence-corrected chi connectivity index (χ4v) is 2.38. The molecule has 5 heteroatoms. The van der Waals surface area contributed by atoms with Gasteiger partial charge in [-0.1, -0.05) is 36.3 Å². The molecular weight excluding hydrogens is 295 g/mol. The third-order valence-electron chi connectivity index (χ3n) is 3.77. The van der Waals surface area contributed by atoms with Crippen molar-refractivity contribution in [2.24, 2.45) is 5.16 Å². The molecular formula is C18H17FN2O2. The Morgan fingerprint density at radius 2 is 1.91 bits per heavy atom. The zero-order valence-corrected chi connectivity index (χ0v) is 12.8. The van der Waals surface area contributed by atoms with Gasteiger partial charge in [-0.25, -0.2) is 4.39 Å². The molecule has 1 aliphatic rings. The molecule has 1 heterocycles. The van der Waals surface area contributed by atoms with E-state index in [1.807, 2.05) is 24.3 Å². The smallest absolute Gasteiger partial charge is 0.268 e. The second kappa shape index (κ2) is 6.60. The first-order chi connectivity index (χ1) is 11.2. The molecule has 1 amide bonds. The van der Waals surface area contributed by atoms with E-state index in [0.717, 1.165) is 17.7 Å². The largest absolute Gasteiger partial charge is 0.382 e. The van der Waals surface area contributed by atoms with Gasteiger partial charge in [0.2, 0.25) is 6.10 Å². The van der Waals surface area contributed by atoms with Gasteiger partial charge in [0.25, 0.3) is 5.91 Å². The van der Waals surface area contributed by atoms with E-state index in [2.05, 4.69) is 17.4 Å². The fraction of sp³-hybridized carbons (Fsp3) is 0.222. The summed E-state index contributed by atoms with van der Waals surface area (Å²) in [6, 6.07) is 13.7. The predicted molar refractivity (Wildman–Crippen MR) is 86.9 cm³/mol. The molecule has 0 bridgehead atoms. The molecule has 1 aliphatic heterocycles. The molecule has 2 aromatic rings. The molecule has 2 aromatic carbocycles. The Kier molecular flexibility index (Phi) is 4.37. The quantitative estimate of drug-likeness (QED) is 0.939. The van der Waals surface area contributed by atoms with Crippen LogP contribution >= 0.6 is 0 Å². The second-order valence-electron chi connectivity index (χ2n) is 5.38. The molecule has 0 saturated heterocycles. The molecule has 1 N–H and O–H groups in total. The van der Waals surface area contributed by atoms with Crippen molar-refractivity contribution in [2.45, 2.75) is 25.9 Å². The van der Waals surface area contributed by atoms with Gasteiger partial charge < -0.3 is 10.2 Å². The van der Waals surface area contributed by atoms with Crippen LogP contribution < -0.4 is 5.32 Å². The molecule has 118 valence electrons. The van der Waals surface area contributed by atoms with Crippen LogP contribution in [0.2, 0.25) is 0 Å². The highest BCUT2D eigenvalue weighted by molar-refractivity contribution is 6.06. The number of anilines is 1. The van der Waals surface area contributed by atoms with Crippen molar-refractivity contribution in [3.63, 3.8) is 0 Å². The summed E-state index contributed by atoms with van der Waals surface area (Å²) in [5, 5.41) is 6.76. The number of amides is 1. The molecule has 3 rings (SSSR count). The number of hydrogen-bond acceptors (Lipinski definition) is 3. The second-order valence-corrected chi connectivity index (χ2v) is 5.38. The van der Waals surface area contributed by atoms with Crippen LogP contribution in [0.4, 0.5) is 10.1 Å². The maximum atomic E-state index is 12.9. The Balaban J connectivity index is 1.60. The van der Waals surface area contributed by atoms with Crippen LogP contribution in [-0.4, -0.2) is 17.7 Å². The SMILES string of the molecule is CCc1ccc(NC(=O)C2CC(c3ccc(F)cc3)=NO2)cc1. The number of halogens is 1. The summed E-state index contributed by atoms with van der Waals surface area (Å²) < 4.78 is 12.9. The Labute approximate surface area is 134 Å². The molecule has 0 aromatic heterocycles. The van der Waals surface area contributed by atoms with Gasteiger partial charge in [0, 0.05) is 12.1 Å². The zero-order valence-electron chi connectivity index (χ0n) is 12.8. The highest BCUT2D eigenvalue weighted by atomic mass is 19.1. The van der Waals surface area contributed by atoms with Gasteiger partial charge in [0.15, 0.2) is 0 Å². The van der Waals surface area contributed by atoms with E-state index in [-0.39, 0.29) is 11.7 Å². The van der Waals surface area contributed by atoms with Crippen molar-refractivity contribution in [1.29, 1.82) is 0 Å². The van der Waals surface area contributed by atoms with Crippen molar-refractivity contribution < 1.29 is 14.0 Å². The van der Waals surface area contributed by atoms with Crippen LogP contribution in [0.3, 0.4) is 0 Å². The minimum Gasteiger partial charge on any atom is -0.382 e. The highest BCUT2D eigenvalue weighted by Crippen LogP contribution is 2.19. The van der Waals surface area contributed by atoms with Crippen LogP contribution in [0, 0.1) is 5.82 Å². The van der Waals surface area contributed by atoms with E-state index in [0.29, 0.717) is 12.1 Å². The lowest BCUT2D eigenvalue weighted by molar-refractivity contribution is -0.125. The van der Waals surface area contributed by atoms with Gasteiger partial charge in [-0.15, -0.1) is 0 Å².